The molecule has 0 unspecified atom stereocenters. The van der Waals surface area contributed by atoms with Gasteiger partial charge in [-0.1, -0.05) is 18.2 Å². The molecular formula is C26H29BrN6O2. The van der Waals surface area contributed by atoms with Crippen molar-refractivity contribution in [1.29, 1.82) is 0 Å². The number of aliphatic hydroxyl groups is 1. The largest absolute Gasteiger partial charge is 0.390 e. The van der Waals surface area contributed by atoms with Gasteiger partial charge in [0.05, 0.1) is 28.4 Å². The molecule has 182 valence electrons. The summed E-state index contributed by atoms with van der Waals surface area (Å²) >= 11 is 3.65. The summed E-state index contributed by atoms with van der Waals surface area (Å²) in [5.41, 5.74) is 10.1. The molecule has 9 heteroatoms. The Balaban J connectivity index is 1.42. The summed E-state index contributed by atoms with van der Waals surface area (Å²) in [7, 11) is 0. The lowest BCUT2D eigenvalue weighted by Crippen LogP contribution is -2.41. The van der Waals surface area contributed by atoms with Crippen molar-refractivity contribution >= 4 is 33.3 Å². The van der Waals surface area contributed by atoms with E-state index in [1.54, 1.807) is 24.6 Å². The number of halogens is 1. The SMILES string of the molecule is CC(C)(O)CC(=O)N1CCC(c2nc3c(-c4ccn(-c5ccccc5)c4)cnn3c(N)c2Br)CC1. The maximum Gasteiger partial charge on any atom is 0.225 e. The molecule has 1 aliphatic heterocycles. The molecule has 0 saturated carbocycles. The van der Waals surface area contributed by atoms with E-state index in [1.807, 2.05) is 29.3 Å². The number of carbonyl (C=O) groups excluding carboxylic acids is 1. The minimum Gasteiger partial charge on any atom is -0.390 e. The second kappa shape index (κ2) is 9.13. The summed E-state index contributed by atoms with van der Waals surface area (Å²) in [5.74, 6) is 0.665. The summed E-state index contributed by atoms with van der Waals surface area (Å²) in [6, 6.07) is 12.2. The van der Waals surface area contributed by atoms with Crippen LogP contribution in [0.25, 0.3) is 22.5 Å². The van der Waals surface area contributed by atoms with Crippen LogP contribution in [0.1, 0.15) is 44.7 Å². The van der Waals surface area contributed by atoms with Crippen LogP contribution in [0.5, 0.6) is 0 Å². The Morgan fingerprint density at radius 1 is 1.20 bits per heavy atom. The second-order valence-corrected chi connectivity index (χ2v) is 10.6. The first-order chi connectivity index (χ1) is 16.7. The molecule has 1 saturated heterocycles. The number of fused-ring (bicyclic) bond motifs is 1. The average Bonchev–Trinajstić information content (AvgIpc) is 3.48. The molecule has 5 rings (SSSR count). The maximum absolute atomic E-state index is 12.5. The third-order valence-electron chi connectivity index (χ3n) is 6.52. The van der Waals surface area contributed by atoms with Crippen LogP contribution in [0.2, 0.25) is 0 Å². The Hall–Kier alpha value is -3.17. The number of rotatable bonds is 5. The third kappa shape index (κ3) is 4.70. The van der Waals surface area contributed by atoms with E-state index in [2.05, 4.69) is 50.0 Å². The Bertz CT molecular complexity index is 1360. The van der Waals surface area contributed by atoms with Crippen molar-refractivity contribution in [3.8, 4) is 16.8 Å². The highest BCUT2D eigenvalue weighted by Gasteiger charge is 2.30. The van der Waals surface area contributed by atoms with Crippen molar-refractivity contribution < 1.29 is 9.90 Å². The molecule has 1 aromatic carbocycles. The zero-order valence-corrected chi connectivity index (χ0v) is 21.4. The predicted octanol–water partition coefficient (Wildman–Crippen LogP) is 4.40. The third-order valence-corrected chi connectivity index (χ3v) is 7.34. The van der Waals surface area contributed by atoms with Gasteiger partial charge in [-0.3, -0.25) is 4.79 Å². The molecule has 8 nitrogen and oxygen atoms in total. The van der Waals surface area contributed by atoms with E-state index in [0.717, 1.165) is 39.8 Å². The molecule has 3 aromatic heterocycles. The lowest BCUT2D eigenvalue weighted by molar-refractivity contribution is -0.136. The van der Waals surface area contributed by atoms with Crippen LogP contribution in [-0.2, 0) is 4.79 Å². The van der Waals surface area contributed by atoms with Crippen molar-refractivity contribution in [1.82, 2.24) is 24.1 Å². The number of nitrogen functional groups attached to an aromatic ring is 1. The number of hydrogen-bond acceptors (Lipinski definition) is 5. The fourth-order valence-corrected chi connectivity index (χ4v) is 5.27. The molecule has 3 N–H and O–H groups in total. The summed E-state index contributed by atoms with van der Waals surface area (Å²) in [4.78, 5) is 19.4. The number of para-hydroxylation sites is 1. The predicted molar refractivity (Wildman–Crippen MR) is 139 cm³/mol. The summed E-state index contributed by atoms with van der Waals surface area (Å²) in [6.07, 6.45) is 7.59. The molecule has 1 fully saturated rings. The highest BCUT2D eigenvalue weighted by molar-refractivity contribution is 9.10. The van der Waals surface area contributed by atoms with Crippen LogP contribution in [0, 0.1) is 0 Å². The normalized spacial score (nSPS) is 15.1. The summed E-state index contributed by atoms with van der Waals surface area (Å²) < 4.78 is 4.50. The molecule has 0 aliphatic carbocycles. The number of nitrogens with two attached hydrogens (primary N) is 1. The molecule has 4 aromatic rings. The first-order valence-corrected chi connectivity index (χ1v) is 12.6. The molecule has 4 heterocycles. The van der Waals surface area contributed by atoms with Gasteiger partial charge in [0.25, 0.3) is 0 Å². The molecule has 0 atom stereocenters. The summed E-state index contributed by atoms with van der Waals surface area (Å²) in [5, 5.41) is 14.5. The number of amides is 1. The zero-order valence-electron chi connectivity index (χ0n) is 19.9. The van der Waals surface area contributed by atoms with Crippen molar-refractivity contribution in [2.45, 2.75) is 44.6 Å². The van der Waals surface area contributed by atoms with Crippen LogP contribution < -0.4 is 5.73 Å². The number of nitrogens with zero attached hydrogens (tertiary/aromatic N) is 5. The second-order valence-electron chi connectivity index (χ2n) is 9.78. The van der Waals surface area contributed by atoms with E-state index in [9.17, 15) is 9.90 Å². The lowest BCUT2D eigenvalue weighted by Gasteiger charge is -2.33. The first-order valence-electron chi connectivity index (χ1n) is 11.8. The van der Waals surface area contributed by atoms with E-state index in [0.29, 0.717) is 24.6 Å². The highest BCUT2D eigenvalue weighted by Crippen LogP contribution is 2.37. The Morgan fingerprint density at radius 2 is 1.91 bits per heavy atom. The van der Waals surface area contributed by atoms with Gasteiger partial charge >= 0.3 is 0 Å². The number of aromatic nitrogens is 4. The molecule has 35 heavy (non-hydrogen) atoms. The number of anilines is 1. The van der Waals surface area contributed by atoms with Crippen LogP contribution in [0.3, 0.4) is 0 Å². The highest BCUT2D eigenvalue weighted by atomic mass is 79.9. The van der Waals surface area contributed by atoms with Gasteiger partial charge < -0.3 is 20.3 Å². The quantitative estimate of drug-likeness (QED) is 0.393. The fraction of sp³-hybridized carbons (Fsp3) is 0.346. The number of likely N-dealkylation sites (tertiary alicyclic amines) is 1. The van der Waals surface area contributed by atoms with Gasteiger partial charge in [-0.05, 0) is 60.8 Å². The Kier molecular flexibility index (Phi) is 6.14. The van der Waals surface area contributed by atoms with Crippen LogP contribution >= 0.6 is 15.9 Å². The maximum atomic E-state index is 12.5. The van der Waals surface area contributed by atoms with Crippen LogP contribution in [-0.4, -0.2) is 53.8 Å². The number of benzene rings is 1. The van der Waals surface area contributed by atoms with Gasteiger partial charge in [0.1, 0.15) is 5.82 Å². The van der Waals surface area contributed by atoms with Crippen molar-refractivity contribution in [2.75, 3.05) is 18.8 Å². The van der Waals surface area contributed by atoms with E-state index in [4.69, 9.17) is 10.7 Å². The Labute approximate surface area is 212 Å². The summed E-state index contributed by atoms with van der Waals surface area (Å²) in [6.45, 7) is 4.58. The van der Waals surface area contributed by atoms with Crippen LogP contribution in [0.15, 0.2) is 59.5 Å². The van der Waals surface area contributed by atoms with E-state index >= 15 is 0 Å². The van der Waals surface area contributed by atoms with Gasteiger partial charge in [0, 0.05) is 48.2 Å². The standard InChI is InChI=1S/C26H29BrN6O2/c1-26(2,35)14-21(34)31-11-8-17(9-12-31)23-22(27)24(28)33-25(30-23)20(15-29-33)18-10-13-32(16-18)19-6-4-3-5-7-19/h3-7,10,13,15-17,35H,8-9,11-12,14,28H2,1-2H3. The van der Waals surface area contributed by atoms with Crippen molar-refractivity contribution in [2.24, 2.45) is 0 Å². The average molecular weight is 537 g/mol. The smallest absolute Gasteiger partial charge is 0.225 e. The lowest BCUT2D eigenvalue weighted by atomic mass is 9.92. The van der Waals surface area contributed by atoms with Gasteiger partial charge in [0.2, 0.25) is 5.91 Å². The molecule has 0 spiro atoms. The van der Waals surface area contributed by atoms with Gasteiger partial charge in [-0.15, -0.1) is 0 Å². The van der Waals surface area contributed by atoms with E-state index < -0.39 is 5.60 Å². The molecular weight excluding hydrogens is 508 g/mol. The van der Waals surface area contributed by atoms with E-state index in [-0.39, 0.29) is 18.2 Å². The number of carbonyl (C=O) groups is 1. The number of hydrogen-bond donors (Lipinski definition) is 2. The minimum absolute atomic E-state index is 0.0149. The first kappa shape index (κ1) is 23.6. The minimum atomic E-state index is -1.00. The monoisotopic (exact) mass is 536 g/mol. The van der Waals surface area contributed by atoms with Crippen LogP contribution in [0.4, 0.5) is 5.82 Å². The molecule has 1 amide bonds. The van der Waals surface area contributed by atoms with Crippen molar-refractivity contribution in [3.05, 3.63) is 65.2 Å². The number of piperidine rings is 1. The fourth-order valence-electron chi connectivity index (χ4n) is 4.69. The Morgan fingerprint density at radius 3 is 2.60 bits per heavy atom. The van der Waals surface area contributed by atoms with Gasteiger partial charge in [-0.2, -0.15) is 9.61 Å². The van der Waals surface area contributed by atoms with Crippen molar-refractivity contribution in [3.63, 3.8) is 0 Å². The molecule has 0 radical (unpaired) electrons. The van der Waals surface area contributed by atoms with Gasteiger partial charge in [0.15, 0.2) is 5.65 Å². The van der Waals surface area contributed by atoms with E-state index in [1.165, 1.54) is 0 Å². The molecule has 1 aliphatic rings. The molecule has 0 bridgehead atoms. The van der Waals surface area contributed by atoms with Gasteiger partial charge in [-0.25, -0.2) is 4.98 Å². The zero-order chi connectivity index (χ0) is 24.7. The topological polar surface area (TPSA) is 102 Å².